The molecule has 0 amide bonds. The maximum atomic E-state index is 12.4. The molecule has 136 valence electrons. The Kier molecular flexibility index (Phi) is 5.81. The van der Waals surface area contributed by atoms with Crippen LogP contribution >= 0.6 is 0 Å². The molecule has 0 saturated carbocycles. The Balaban J connectivity index is 2.24. The second kappa shape index (κ2) is 7.66. The van der Waals surface area contributed by atoms with Gasteiger partial charge in [-0.05, 0) is 39.0 Å². The summed E-state index contributed by atoms with van der Waals surface area (Å²) in [4.78, 5) is 12.1. The van der Waals surface area contributed by atoms with Crippen LogP contribution in [0.2, 0.25) is 0 Å². The van der Waals surface area contributed by atoms with Crippen molar-refractivity contribution in [1.29, 1.82) is 0 Å². The third-order valence-corrected chi connectivity index (χ3v) is 4.79. The number of aromatic nitrogens is 1. The number of ether oxygens (including phenoxy) is 2. The quantitative estimate of drug-likeness (QED) is 0.745. The number of nitrogens with one attached hydrogen (secondary N) is 1. The van der Waals surface area contributed by atoms with Crippen molar-refractivity contribution in [2.24, 2.45) is 0 Å². The number of esters is 1. The Bertz CT molecular complexity index is 857. The summed E-state index contributed by atoms with van der Waals surface area (Å²) < 4.78 is 42.4. The predicted octanol–water partition coefficient (Wildman–Crippen LogP) is 2.04. The lowest BCUT2D eigenvalue weighted by atomic mass is 10.2. The van der Waals surface area contributed by atoms with Crippen LogP contribution < -0.4 is 9.46 Å². The summed E-state index contributed by atoms with van der Waals surface area (Å²) >= 11 is 0. The van der Waals surface area contributed by atoms with Gasteiger partial charge in [0.2, 0.25) is 10.0 Å². The zero-order chi connectivity index (χ0) is 18.6. The average molecular weight is 368 g/mol. The Morgan fingerprint density at radius 3 is 2.60 bits per heavy atom. The minimum Gasteiger partial charge on any atom is -0.495 e. The van der Waals surface area contributed by atoms with Crippen LogP contribution in [-0.2, 0) is 21.4 Å². The number of sulfonamides is 1. The van der Waals surface area contributed by atoms with Crippen molar-refractivity contribution < 1.29 is 27.2 Å². The summed E-state index contributed by atoms with van der Waals surface area (Å²) in [6.45, 7) is 5.04. The molecular weight excluding hydrogens is 348 g/mol. The van der Waals surface area contributed by atoms with E-state index in [1.54, 1.807) is 26.8 Å². The summed E-state index contributed by atoms with van der Waals surface area (Å²) in [6, 6.07) is 5.40. The summed E-state index contributed by atoms with van der Waals surface area (Å²) in [6.07, 6.45) is 0. The van der Waals surface area contributed by atoms with Gasteiger partial charge >= 0.3 is 5.97 Å². The zero-order valence-electron chi connectivity index (χ0n) is 14.4. The normalized spacial score (nSPS) is 11.6. The second-order valence-electron chi connectivity index (χ2n) is 5.65. The Hall–Kier alpha value is -2.39. The molecule has 0 aliphatic rings. The number of carbonyl (C=O) groups is 1. The van der Waals surface area contributed by atoms with E-state index >= 15 is 0 Å². The number of rotatable bonds is 7. The molecule has 0 bridgehead atoms. The molecule has 0 spiro atoms. The molecule has 0 atom stereocenters. The van der Waals surface area contributed by atoms with E-state index in [9.17, 15) is 13.2 Å². The molecule has 0 radical (unpaired) electrons. The van der Waals surface area contributed by atoms with Crippen molar-refractivity contribution in [3.63, 3.8) is 0 Å². The number of carbonyl (C=O) groups excluding carboxylic acids is 1. The highest BCUT2D eigenvalue weighted by Crippen LogP contribution is 2.25. The van der Waals surface area contributed by atoms with E-state index in [1.165, 1.54) is 25.3 Å². The molecule has 1 heterocycles. The van der Waals surface area contributed by atoms with Crippen LogP contribution in [0.15, 0.2) is 33.7 Å². The van der Waals surface area contributed by atoms with Gasteiger partial charge < -0.3 is 14.0 Å². The van der Waals surface area contributed by atoms with Crippen LogP contribution in [0.3, 0.4) is 0 Å². The summed E-state index contributed by atoms with van der Waals surface area (Å²) in [5.74, 6) is 0.0600. The van der Waals surface area contributed by atoms with Crippen LogP contribution in [-0.4, -0.2) is 32.7 Å². The maximum absolute atomic E-state index is 12.4. The minimum absolute atomic E-state index is 0.0749. The van der Waals surface area contributed by atoms with Gasteiger partial charge in [0, 0.05) is 12.1 Å². The molecule has 8 nitrogen and oxygen atoms in total. The molecule has 1 aromatic heterocycles. The molecule has 2 aromatic rings. The lowest BCUT2D eigenvalue weighted by Gasteiger charge is -2.13. The van der Waals surface area contributed by atoms with Crippen molar-refractivity contribution in [1.82, 2.24) is 9.88 Å². The van der Waals surface area contributed by atoms with Crippen LogP contribution in [0, 0.1) is 6.92 Å². The van der Waals surface area contributed by atoms with Crippen LogP contribution in [0.1, 0.15) is 35.7 Å². The zero-order valence-corrected chi connectivity index (χ0v) is 15.2. The fraction of sp³-hybridized carbons (Fsp3) is 0.375. The monoisotopic (exact) mass is 368 g/mol. The van der Waals surface area contributed by atoms with E-state index < -0.39 is 16.0 Å². The van der Waals surface area contributed by atoms with Gasteiger partial charge in [0.25, 0.3) is 0 Å². The van der Waals surface area contributed by atoms with Gasteiger partial charge in [0.05, 0.1) is 12.7 Å². The molecule has 0 aliphatic heterocycles. The van der Waals surface area contributed by atoms with E-state index in [4.69, 9.17) is 14.0 Å². The third-order valence-electron chi connectivity index (χ3n) is 3.11. The first-order valence-electron chi connectivity index (χ1n) is 7.52. The molecule has 0 saturated heterocycles. The first-order valence-corrected chi connectivity index (χ1v) is 9.01. The summed E-state index contributed by atoms with van der Waals surface area (Å²) in [5.41, 5.74) is 0.554. The first kappa shape index (κ1) is 18.9. The smallest absolute Gasteiger partial charge is 0.338 e. The van der Waals surface area contributed by atoms with Gasteiger partial charge in [-0.25, -0.2) is 17.9 Å². The van der Waals surface area contributed by atoms with Gasteiger partial charge in [-0.2, -0.15) is 0 Å². The molecule has 2 rings (SSSR count). The first-order chi connectivity index (χ1) is 11.7. The SMILES string of the molecule is COc1ccc(C(=O)OCc2cc(C)on2)cc1S(=O)(=O)NC(C)C. The highest BCUT2D eigenvalue weighted by Gasteiger charge is 2.23. The van der Waals surface area contributed by atoms with E-state index in [0.717, 1.165) is 0 Å². The molecule has 25 heavy (non-hydrogen) atoms. The number of hydrogen-bond acceptors (Lipinski definition) is 7. The highest BCUT2D eigenvalue weighted by molar-refractivity contribution is 7.89. The van der Waals surface area contributed by atoms with Crippen molar-refractivity contribution in [2.45, 2.75) is 38.3 Å². The van der Waals surface area contributed by atoms with Crippen LogP contribution in [0.5, 0.6) is 5.75 Å². The van der Waals surface area contributed by atoms with Gasteiger partial charge in [-0.3, -0.25) is 0 Å². The van der Waals surface area contributed by atoms with E-state index in [0.29, 0.717) is 11.5 Å². The Morgan fingerprint density at radius 1 is 1.32 bits per heavy atom. The van der Waals surface area contributed by atoms with Crippen molar-refractivity contribution >= 4 is 16.0 Å². The van der Waals surface area contributed by atoms with E-state index in [2.05, 4.69) is 9.88 Å². The van der Waals surface area contributed by atoms with Gasteiger partial charge in [0.1, 0.15) is 28.7 Å². The van der Waals surface area contributed by atoms with Crippen molar-refractivity contribution in [2.75, 3.05) is 7.11 Å². The number of benzene rings is 1. The second-order valence-corrected chi connectivity index (χ2v) is 7.33. The molecule has 1 aromatic carbocycles. The van der Waals surface area contributed by atoms with Crippen LogP contribution in [0.4, 0.5) is 0 Å². The lowest BCUT2D eigenvalue weighted by molar-refractivity contribution is 0.0464. The summed E-state index contributed by atoms with van der Waals surface area (Å²) in [5, 5.41) is 3.72. The third kappa shape index (κ3) is 4.80. The van der Waals surface area contributed by atoms with Gasteiger partial charge in [0.15, 0.2) is 0 Å². The fourth-order valence-corrected chi connectivity index (χ4v) is 3.54. The average Bonchev–Trinajstić information content (AvgIpc) is 2.96. The highest BCUT2D eigenvalue weighted by atomic mass is 32.2. The number of methoxy groups -OCH3 is 1. The van der Waals surface area contributed by atoms with Gasteiger partial charge in [-0.1, -0.05) is 5.16 Å². The van der Waals surface area contributed by atoms with E-state index in [-0.39, 0.29) is 28.9 Å². The molecule has 0 unspecified atom stereocenters. The topological polar surface area (TPSA) is 108 Å². The number of hydrogen-bond donors (Lipinski definition) is 1. The maximum Gasteiger partial charge on any atom is 0.338 e. The van der Waals surface area contributed by atoms with Crippen molar-refractivity contribution in [3.8, 4) is 5.75 Å². The largest absolute Gasteiger partial charge is 0.495 e. The Morgan fingerprint density at radius 2 is 2.04 bits per heavy atom. The Labute approximate surface area is 146 Å². The molecule has 1 N–H and O–H groups in total. The molecule has 0 fully saturated rings. The minimum atomic E-state index is -3.83. The van der Waals surface area contributed by atoms with Gasteiger partial charge in [-0.15, -0.1) is 0 Å². The number of aryl methyl sites for hydroxylation is 1. The van der Waals surface area contributed by atoms with Crippen molar-refractivity contribution in [3.05, 3.63) is 41.3 Å². The molecule has 0 aliphatic carbocycles. The lowest BCUT2D eigenvalue weighted by Crippen LogP contribution is -2.30. The summed E-state index contributed by atoms with van der Waals surface area (Å²) in [7, 11) is -2.48. The standard InChI is InChI=1S/C16H20N2O6S/c1-10(2)18-25(20,21)15-8-12(5-6-14(15)22-4)16(19)23-9-13-7-11(3)24-17-13/h5-8,10,18H,9H2,1-4H3. The molecular formula is C16H20N2O6S. The predicted molar refractivity (Wildman–Crippen MR) is 88.8 cm³/mol. The fourth-order valence-electron chi connectivity index (χ4n) is 2.10. The number of nitrogens with zero attached hydrogens (tertiary/aromatic N) is 1. The van der Waals surface area contributed by atoms with E-state index in [1.807, 2.05) is 0 Å². The van der Waals surface area contributed by atoms with Crippen LogP contribution in [0.25, 0.3) is 0 Å². The molecule has 9 heteroatoms.